The van der Waals surface area contributed by atoms with Crippen LogP contribution in [0.25, 0.3) is 0 Å². The van der Waals surface area contributed by atoms with E-state index in [0.717, 1.165) is 0 Å². The first-order valence-corrected chi connectivity index (χ1v) is 4.58. The fourth-order valence-corrected chi connectivity index (χ4v) is 0.580. The average Bonchev–Trinajstić information content (AvgIpc) is 2.03. The number of carbonyl (C=O) groups is 1. The van der Waals surface area contributed by atoms with Gasteiger partial charge >= 0.3 is 5.97 Å². The van der Waals surface area contributed by atoms with Crippen molar-refractivity contribution in [3.63, 3.8) is 0 Å². The molecule has 14 heavy (non-hydrogen) atoms. The highest BCUT2D eigenvalue weighted by Crippen LogP contribution is 2.17. The number of esters is 1. The first-order valence-electron chi connectivity index (χ1n) is 4.58. The minimum Gasteiger partial charge on any atom is -0.427 e. The van der Waals surface area contributed by atoms with Crippen molar-refractivity contribution in [2.45, 2.75) is 27.7 Å². The van der Waals surface area contributed by atoms with Crippen LogP contribution in [0.1, 0.15) is 27.7 Å². The smallest absolute Gasteiger partial charge is 0.316 e. The molecular weight excluding hydrogens is 176 g/mol. The van der Waals surface area contributed by atoms with Crippen LogP contribution >= 0.6 is 0 Å². The van der Waals surface area contributed by atoms with Crippen LogP contribution in [0.15, 0.2) is 36.6 Å². The quantitative estimate of drug-likeness (QED) is 0.391. The van der Waals surface area contributed by atoms with Crippen molar-refractivity contribution in [2.24, 2.45) is 5.41 Å². The molecule has 0 radical (unpaired) electrons. The van der Waals surface area contributed by atoms with Crippen LogP contribution in [0.5, 0.6) is 0 Å². The van der Waals surface area contributed by atoms with Gasteiger partial charge in [0.05, 0.1) is 5.41 Å². The topological polar surface area (TPSA) is 26.3 Å². The van der Waals surface area contributed by atoms with E-state index in [2.05, 4.69) is 6.58 Å². The first-order chi connectivity index (χ1) is 6.38. The number of hydrogen-bond donors (Lipinski definition) is 0. The summed E-state index contributed by atoms with van der Waals surface area (Å²) < 4.78 is 5.01. The van der Waals surface area contributed by atoms with Crippen LogP contribution in [0.3, 0.4) is 0 Å². The molecule has 0 aliphatic heterocycles. The van der Waals surface area contributed by atoms with Crippen molar-refractivity contribution in [2.75, 3.05) is 0 Å². The summed E-state index contributed by atoms with van der Waals surface area (Å²) in [7, 11) is 0. The van der Waals surface area contributed by atoms with Crippen molar-refractivity contribution >= 4 is 5.97 Å². The van der Waals surface area contributed by atoms with Gasteiger partial charge < -0.3 is 4.74 Å². The van der Waals surface area contributed by atoms with Gasteiger partial charge in [0.1, 0.15) is 5.76 Å². The third kappa shape index (κ3) is 5.36. The Labute approximate surface area is 86.0 Å². The molecule has 2 nitrogen and oxygen atoms in total. The number of carbonyl (C=O) groups excluding carboxylic acids is 1. The molecule has 0 aliphatic carbocycles. The van der Waals surface area contributed by atoms with Gasteiger partial charge in [-0.2, -0.15) is 0 Å². The van der Waals surface area contributed by atoms with Crippen molar-refractivity contribution < 1.29 is 9.53 Å². The van der Waals surface area contributed by atoms with Gasteiger partial charge in [-0.05, 0) is 33.8 Å². The lowest BCUT2D eigenvalue weighted by molar-refractivity contribution is -0.147. The van der Waals surface area contributed by atoms with Gasteiger partial charge in [0.2, 0.25) is 0 Å². The maximum Gasteiger partial charge on any atom is 0.316 e. The highest BCUT2D eigenvalue weighted by Gasteiger charge is 2.23. The van der Waals surface area contributed by atoms with Crippen LogP contribution in [0.4, 0.5) is 0 Å². The van der Waals surface area contributed by atoms with E-state index >= 15 is 0 Å². The minimum absolute atomic E-state index is 0.271. The van der Waals surface area contributed by atoms with E-state index in [9.17, 15) is 4.79 Å². The maximum atomic E-state index is 11.4. The Morgan fingerprint density at radius 2 is 1.86 bits per heavy atom. The molecule has 0 saturated carbocycles. The summed E-state index contributed by atoms with van der Waals surface area (Å²) in [5.74, 6) is 0.0932. The van der Waals surface area contributed by atoms with Crippen LogP contribution in [-0.2, 0) is 9.53 Å². The standard InChI is InChI=1S/C12H18O2/c1-6-7-8-9-10(2)14-11(13)12(3,4)5/h6-9H,2H2,1,3-5H3/b7-6-,9-8-. The molecule has 78 valence electrons. The SMILES string of the molecule is C=C(/C=C\C=C/C)OC(=O)C(C)(C)C. The molecule has 0 rings (SSSR count). The van der Waals surface area contributed by atoms with E-state index in [1.807, 2.05) is 19.1 Å². The van der Waals surface area contributed by atoms with Gasteiger partial charge in [-0.25, -0.2) is 0 Å². The molecule has 0 aromatic heterocycles. The third-order valence-corrected chi connectivity index (χ3v) is 1.42. The Bertz CT molecular complexity index is 265. The average molecular weight is 194 g/mol. The lowest BCUT2D eigenvalue weighted by Gasteiger charge is -2.15. The number of hydrogen-bond acceptors (Lipinski definition) is 2. The van der Waals surface area contributed by atoms with Crippen molar-refractivity contribution in [3.05, 3.63) is 36.6 Å². The Hall–Kier alpha value is -1.31. The summed E-state index contributed by atoms with van der Waals surface area (Å²) in [4.78, 5) is 11.4. The largest absolute Gasteiger partial charge is 0.427 e. The first kappa shape index (κ1) is 12.7. The molecule has 0 unspecified atom stereocenters. The zero-order valence-electron chi connectivity index (χ0n) is 9.33. The second-order valence-corrected chi connectivity index (χ2v) is 3.99. The number of ether oxygens (including phenoxy) is 1. The van der Waals surface area contributed by atoms with Crippen LogP contribution in [0.2, 0.25) is 0 Å². The van der Waals surface area contributed by atoms with Crippen LogP contribution in [0, 0.1) is 5.41 Å². The van der Waals surface area contributed by atoms with E-state index in [1.54, 1.807) is 32.9 Å². The fraction of sp³-hybridized carbons (Fsp3) is 0.417. The molecule has 0 aromatic rings. The Morgan fingerprint density at radius 1 is 1.29 bits per heavy atom. The fourth-order valence-electron chi connectivity index (χ4n) is 0.580. The van der Waals surface area contributed by atoms with Gasteiger partial charge in [-0.3, -0.25) is 4.79 Å². The molecular formula is C12H18O2. The predicted molar refractivity (Wildman–Crippen MR) is 58.6 cm³/mol. The molecule has 0 fully saturated rings. The summed E-state index contributed by atoms with van der Waals surface area (Å²) in [5, 5.41) is 0. The van der Waals surface area contributed by atoms with E-state index in [1.165, 1.54) is 0 Å². The van der Waals surface area contributed by atoms with Gasteiger partial charge in [0.25, 0.3) is 0 Å². The maximum absolute atomic E-state index is 11.4. The zero-order valence-corrected chi connectivity index (χ0v) is 9.33. The summed E-state index contributed by atoms with van der Waals surface area (Å²) in [6.45, 7) is 10.9. The zero-order chi connectivity index (χ0) is 11.2. The second kappa shape index (κ2) is 5.43. The normalized spacial score (nSPS) is 12.3. The molecule has 0 saturated heterocycles. The Balaban J connectivity index is 4.15. The number of rotatable bonds is 3. The third-order valence-electron chi connectivity index (χ3n) is 1.42. The summed E-state index contributed by atoms with van der Waals surface area (Å²) in [6.07, 6.45) is 7.16. The predicted octanol–water partition coefficient (Wildman–Crippen LogP) is 3.22. The summed E-state index contributed by atoms with van der Waals surface area (Å²) in [6, 6.07) is 0. The van der Waals surface area contributed by atoms with E-state index in [-0.39, 0.29) is 5.97 Å². The molecule has 0 atom stereocenters. The molecule has 0 spiro atoms. The molecule has 0 N–H and O–H groups in total. The second-order valence-electron chi connectivity index (χ2n) is 3.99. The van der Waals surface area contributed by atoms with E-state index in [0.29, 0.717) is 5.76 Å². The lowest BCUT2D eigenvalue weighted by atomic mass is 9.97. The minimum atomic E-state index is -0.489. The Kier molecular flexibility index (Phi) is 4.92. The highest BCUT2D eigenvalue weighted by molar-refractivity contribution is 5.76. The Morgan fingerprint density at radius 3 is 2.29 bits per heavy atom. The molecule has 0 bridgehead atoms. The van der Waals surface area contributed by atoms with Crippen molar-refractivity contribution in [3.8, 4) is 0 Å². The van der Waals surface area contributed by atoms with E-state index in [4.69, 9.17) is 4.74 Å². The molecule has 0 heterocycles. The highest BCUT2D eigenvalue weighted by atomic mass is 16.5. The summed E-state index contributed by atoms with van der Waals surface area (Å²) >= 11 is 0. The van der Waals surface area contributed by atoms with Crippen molar-refractivity contribution in [1.29, 1.82) is 0 Å². The van der Waals surface area contributed by atoms with Gasteiger partial charge in [-0.1, -0.05) is 24.8 Å². The molecule has 2 heteroatoms. The lowest BCUT2D eigenvalue weighted by Crippen LogP contribution is -2.22. The van der Waals surface area contributed by atoms with Gasteiger partial charge in [-0.15, -0.1) is 0 Å². The number of allylic oxidation sites excluding steroid dienone is 4. The molecule has 0 aliphatic rings. The monoisotopic (exact) mass is 194 g/mol. The molecule has 0 amide bonds. The van der Waals surface area contributed by atoms with Gasteiger partial charge in [0, 0.05) is 0 Å². The van der Waals surface area contributed by atoms with Crippen LogP contribution in [-0.4, -0.2) is 5.97 Å². The molecule has 0 aromatic carbocycles. The van der Waals surface area contributed by atoms with Gasteiger partial charge in [0.15, 0.2) is 0 Å². The van der Waals surface area contributed by atoms with Crippen molar-refractivity contribution in [1.82, 2.24) is 0 Å². The summed E-state index contributed by atoms with van der Waals surface area (Å²) in [5.41, 5.74) is -0.489. The van der Waals surface area contributed by atoms with E-state index < -0.39 is 5.41 Å². The van der Waals surface area contributed by atoms with Crippen LogP contribution < -0.4 is 0 Å².